The van der Waals surface area contributed by atoms with Crippen LogP contribution < -0.4 is 0 Å². The molecule has 1 saturated heterocycles. The minimum Gasteiger partial charge on any atom is -0.295 e. The molecule has 0 bridgehead atoms. The van der Waals surface area contributed by atoms with Crippen molar-refractivity contribution >= 4 is 0 Å². The molecule has 0 aromatic heterocycles. The maximum Gasteiger partial charge on any atom is 0.0280 e. The van der Waals surface area contributed by atoms with Crippen LogP contribution in [0.5, 0.6) is 0 Å². The Bertz CT molecular complexity index is 118. The van der Waals surface area contributed by atoms with Crippen molar-refractivity contribution in [3.05, 3.63) is 0 Å². The molecule has 0 amide bonds. The van der Waals surface area contributed by atoms with Gasteiger partial charge in [0.2, 0.25) is 0 Å². The normalized spacial score (nSPS) is 49.3. The lowest BCUT2D eigenvalue weighted by Crippen LogP contribution is -2.01. The minimum atomic E-state index is 0.919. The maximum atomic E-state index is 2.59. The molecule has 1 aliphatic carbocycles. The summed E-state index contributed by atoms with van der Waals surface area (Å²) in [4.78, 5) is 2.59. The van der Waals surface area contributed by atoms with Crippen LogP contribution in [0.2, 0.25) is 0 Å². The molecule has 1 nitrogen and oxygen atoms in total. The van der Waals surface area contributed by atoms with Crippen molar-refractivity contribution < 1.29 is 0 Å². The first kappa shape index (κ1) is 5.72. The van der Waals surface area contributed by atoms with Gasteiger partial charge in [0.05, 0.1) is 0 Å². The van der Waals surface area contributed by atoms with Crippen LogP contribution in [0, 0.1) is 5.92 Å². The Balaban J connectivity index is 1.88. The van der Waals surface area contributed by atoms with E-state index in [1.54, 1.807) is 0 Å². The summed E-state index contributed by atoms with van der Waals surface area (Å²) in [7, 11) is 0. The van der Waals surface area contributed by atoms with Gasteiger partial charge in [-0.1, -0.05) is 6.92 Å². The Kier molecular flexibility index (Phi) is 1.10. The highest BCUT2D eigenvalue weighted by Crippen LogP contribution is 2.46. The Morgan fingerprint density at radius 3 is 2.44 bits per heavy atom. The lowest BCUT2D eigenvalue weighted by Gasteiger charge is -1.93. The molecule has 9 heavy (non-hydrogen) atoms. The average Bonchev–Trinajstić information content (AvgIpc) is 2.61. The topological polar surface area (TPSA) is 3.01 Å². The standard InChI is InChI=1S/C8H15N/c1-3-9-6(2)8(9)7-4-5-7/h6-8H,3-5H2,1-2H3. The molecule has 1 heterocycles. The SMILES string of the molecule is CCN1C(C)C1C1CC1. The second kappa shape index (κ2) is 1.72. The molecule has 0 aromatic rings. The number of rotatable bonds is 2. The molecule has 52 valence electrons. The van der Waals surface area contributed by atoms with Crippen molar-refractivity contribution in [2.45, 2.75) is 38.8 Å². The molecule has 2 fully saturated rings. The summed E-state index contributed by atoms with van der Waals surface area (Å²) >= 11 is 0. The third-order valence-electron chi connectivity index (χ3n) is 2.78. The fraction of sp³-hybridized carbons (Fsp3) is 1.00. The fourth-order valence-electron chi connectivity index (χ4n) is 2.04. The highest BCUT2D eigenvalue weighted by atomic mass is 15.3. The summed E-state index contributed by atoms with van der Waals surface area (Å²) < 4.78 is 0. The minimum absolute atomic E-state index is 0.919. The number of hydrogen-bond donors (Lipinski definition) is 0. The molecule has 0 aromatic carbocycles. The van der Waals surface area contributed by atoms with E-state index >= 15 is 0 Å². The van der Waals surface area contributed by atoms with Gasteiger partial charge in [0.15, 0.2) is 0 Å². The quantitative estimate of drug-likeness (QED) is 0.505. The van der Waals surface area contributed by atoms with Crippen molar-refractivity contribution in [1.29, 1.82) is 0 Å². The van der Waals surface area contributed by atoms with Gasteiger partial charge in [-0.3, -0.25) is 4.90 Å². The monoisotopic (exact) mass is 125 g/mol. The molecule has 2 aliphatic rings. The summed E-state index contributed by atoms with van der Waals surface area (Å²) in [6, 6.07) is 1.91. The molecule has 0 N–H and O–H groups in total. The van der Waals surface area contributed by atoms with Crippen molar-refractivity contribution in [3.8, 4) is 0 Å². The van der Waals surface area contributed by atoms with Gasteiger partial charge >= 0.3 is 0 Å². The van der Waals surface area contributed by atoms with E-state index in [2.05, 4.69) is 18.7 Å². The van der Waals surface area contributed by atoms with Crippen LogP contribution in [0.4, 0.5) is 0 Å². The smallest absolute Gasteiger partial charge is 0.0280 e. The summed E-state index contributed by atoms with van der Waals surface area (Å²) in [6.45, 7) is 5.88. The summed E-state index contributed by atoms with van der Waals surface area (Å²) in [5, 5.41) is 0. The molecule has 0 spiro atoms. The first-order valence-electron chi connectivity index (χ1n) is 4.10. The van der Waals surface area contributed by atoms with Crippen molar-refractivity contribution in [3.63, 3.8) is 0 Å². The van der Waals surface area contributed by atoms with E-state index in [1.165, 1.54) is 19.4 Å². The summed E-state index contributed by atoms with van der Waals surface area (Å²) in [6.07, 6.45) is 3.01. The number of likely N-dealkylation sites (N-methyl/N-ethyl adjacent to an activating group) is 1. The predicted octanol–water partition coefficient (Wildman–Crippen LogP) is 1.49. The van der Waals surface area contributed by atoms with Crippen molar-refractivity contribution in [2.75, 3.05) is 6.54 Å². The van der Waals surface area contributed by atoms with Crippen molar-refractivity contribution in [1.82, 2.24) is 4.90 Å². The van der Waals surface area contributed by atoms with E-state index in [9.17, 15) is 0 Å². The molecule has 2 rings (SSSR count). The highest BCUT2D eigenvalue weighted by Gasteiger charge is 2.51. The Labute approximate surface area is 57.0 Å². The third kappa shape index (κ3) is 0.787. The third-order valence-corrected chi connectivity index (χ3v) is 2.78. The zero-order valence-electron chi connectivity index (χ0n) is 6.30. The summed E-state index contributed by atoms with van der Waals surface area (Å²) in [5.74, 6) is 1.10. The Morgan fingerprint density at radius 1 is 1.44 bits per heavy atom. The number of hydrogen-bond acceptors (Lipinski definition) is 1. The van der Waals surface area contributed by atoms with Gasteiger partial charge in [0, 0.05) is 12.1 Å². The maximum absolute atomic E-state index is 2.59. The van der Waals surface area contributed by atoms with Gasteiger partial charge < -0.3 is 0 Å². The van der Waals surface area contributed by atoms with E-state index in [1.807, 2.05) is 0 Å². The molecular weight excluding hydrogens is 110 g/mol. The van der Waals surface area contributed by atoms with Gasteiger partial charge in [-0.15, -0.1) is 0 Å². The molecule has 1 heteroatoms. The second-order valence-electron chi connectivity index (χ2n) is 3.40. The van der Waals surface area contributed by atoms with Gasteiger partial charge in [-0.25, -0.2) is 0 Å². The van der Waals surface area contributed by atoms with E-state index in [4.69, 9.17) is 0 Å². The largest absolute Gasteiger partial charge is 0.295 e. The zero-order chi connectivity index (χ0) is 6.43. The van der Waals surface area contributed by atoms with Crippen LogP contribution in [0.15, 0.2) is 0 Å². The molecule has 1 aliphatic heterocycles. The van der Waals surface area contributed by atoms with Gasteiger partial charge in [-0.05, 0) is 32.2 Å². The Hall–Kier alpha value is -0.0400. The van der Waals surface area contributed by atoms with Gasteiger partial charge in [-0.2, -0.15) is 0 Å². The van der Waals surface area contributed by atoms with Crippen LogP contribution in [0.1, 0.15) is 26.7 Å². The van der Waals surface area contributed by atoms with Crippen LogP contribution in [-0.2, 0) is 0 Å². The summed E-state index contributed by atoms with van der Waals surface area (Å²) in [5.41, 5.74) is 0. The van der Waals surface area contributed by atoms with Gasteiger partial charge in [0.25, 0.3) is 0 Å². The predicted molar refractivity (Wildman–Crippen MR) is 38.4 cm³/mol. The van der Waals surface area contributed by atoms with Crippen LogP contribution in [0.3, 0.4) is 0 Å². The lowest BCUT2D eigenvalue weighted by molar-refractivity contribution is 0.493. The molecule has 3 unspecified atom stereocenters. The molecule has 1 saturated carbocycles. The van der Waals surface area contributed by atoms with Crippen molar-refractivity contribution in [2.24, 2.45) is 5.92 Å². The first-order chi connectivity index (χ1) is 4.34. The van der Waals surface area contributed by atoms with E-state index < -0.39 is 0 Å². The second-order valence-corrected chi connectivity index (χ2v) is 3.40. The average molecular weight is 125 g/mol. The fourth-order valence-corrected chi connectivity index (χ4v) is 2.04. The first-order valence-corrected chi connectivity index (χ1v) is 4.10. The molecular formula is C8H15N. The molecule has 3 atom stereocenters. The van der Waals surface area contributed by atoms with Crippen LogP contribution in [0.25, 0.3) is 0 Å². The van der Waals surface area contributed by atoms with Crippen LogP contribution in [-0.4, -0.2) is 23.5 Å². The highest BCUT2D eigenvalue weighted by molar-refractivity contribution is 5.06. The lowest BCUT2D eigenvalue weighted by atomic mass is 10.2. The number of nitrogens with zero attached hydrogens (tertiary/aromatic N) is 1. The van der Waals surface area contributed by atoms with E-state index in [0.717, 1.165) is 18.0 Å². The Morgan fingerprint density at radius 2 is 2.11 bits per heavy atom. The van der Waals surface area contributed by atoms with E-state index in [0.29, 0.717) is 0 Å². The van der Waals surface area contributed by atoms with E-state index in [-0.39, 0.29) is 0 Å². The van der Waals surface area contributed by atoms with Gasteiger partial charge in [0.1, 0.15) is 0 Å². The zero-order valence-corrected chi connectivity index (χ0v) is 6.30. The van der Waals surface area contributed by atoms with Crippen LogP contribution >= 0.6 is 0 Å². The molecule has 0 radical (unpaired) electrons.